The molecule has 3 aromatic carbocycles. The van der Waals surface area contributed by atoms with E-state index in [4.69, 9.17) is 4.74 Å². The van der Waals surface area contributed by atoms with E-state index < -0.39 is 7.26 Å². The third-order valence-electron chi connectivity index (χ3n) is 3.85. The molecule has 0 bridgehead atoms. The van der Waals surface area contributed by atoms with Gasteiger partial charge in [0.25, 0.3) is 0 Å². The van der Waals surface area contributed by atoms with E-state index in [1.54, 1.807) is 7.11 Å². The summed E-state index contributed by atoms with van der Waals surface area (Å²) < 4.78 is 5.71. The lowest BCUT2D eigenvalue weighted by molar-refractivity contribution is 0.255. The molecule has 0 saturated carbocycles. The lowest BCUT2D eigenvalue weighted by atomic mass is 10.4. The molecule has 0 N–H and O–H groups in total. The predicted octanol–water partition coefficient (Wildman–Crippen LogP) is 3.38. The Labute approximate surface area is 132 Å². The molecule has 0 unspecified atom stereocenters. The van der Waals surface area contributed by atoms with Gasteiger partial charge in [0, 0.05) is 12.4 Å². The molecule has 3 rings (SSSR count). The third kappa shape index (κ3) is 2.70. The molecule has 3 aromatic rings. The topological polar surface area (TPSA) is 9.23 Å². The Bertz CT molecular complexity index is 599. The fourth-order valence-corrected chi connectivity index (χ4v) is 6.58. The molecule has 0 radical (unpaired) electrons. The summed E-state index contributed by atoms with van der Waals surface area (Å²) in [6.45, 7) is 0. The van der Waals surface area contributed by atoms with Crippen molar-refractivity contribution in [3.05, 3.63) is 91.0 Å². The summed E-state index contributed by atoms with van der Waals surface area (Å²) in [6.07, 6.45) is 0.693. The number of ether oxygens (including phenoxy) is 1. The van der Waals surface area contributed by atoms with Crippen LogP contribution in [0.3, 0.4) is 0 Å². The molecule has 0 aliphatic carbocycles. The van der Waals surface area contributed by atoms with Crippen molar-refractivity contribution >= 4 is 23.2 Å². The van der Waals surface area contributed by atoms with E-state index in [9.17, 15) is 0 Å². The van der Waals surface area contributed by atoms with Gasteiger partial charge in [-0.2, -0.15) is 18.2 Å². The van der Waals surface area contributed by atoms with Gasteiger partial charge >= 0.3 is 0 Å². The van der Waals surface area contributed by atoms with Crippen molar-refractivity contribution in [2.75, 3.05) is 13.5 Å². The van der Waals surface area contributed by atoms with Crippen LogP contribution >= 0.6 is 7.26 Å². The Morgan fingerprint density at radius 1 is 0.773 bits per heavy atom. The summed E-state index contributed by atoms with van der Waals surface area (Å²) in [5.41, 5.74) is 0. The molecule has 1 nitrogen and oxygen atoms in total. The molecular formula is C20H19OP. The van der Waals surface area contributed by atoms with E-state index in [1.807, 2.05) is 6.07 Å². The van der Waals surface area contributed by atoms with Crippen molar-refractivity contribution < 1.29 is 4.74 Å². The SMILES string of the molecule is COC[P+](c1c[c-]ccc1)(c1ccccc1)c1ccccc1. The van der Waals surface area contributed by atoms with Crippen LogP contribution in [0, 0.1) is 6.07 Å². The van der Waals surface area contributed by atoms with Crippen LogP contribution < -0.4 is 15.9 Å². The highest BCUT2D eigenvalue weighted by atomic mass is 31.2. The van der Waals surface area contributed by atoms with Gasteiger partial charge in [-0.1, -0.05) is 36.4 Å². The van der Waals surface area contributed by atoms with Crippen LogP contribution in [0.1, 0.15) is 0 Å². The Morgan fingerprint density at radius 3 is 1.77 bits per heavy atom. The van der Waals surface area contributed by atoms with Gasteiger partial charge in [-0.05, 0) is 24.3 Å². The van der Waals surface area contributed by atoms with E-state index in [-0.39, 0.29) is 0 Å². The minimum Gasteiger partial charge on any atom is -0.349 e. The lowest BCUT2D eigenvalue weighted by Gasteiger charge is -2.30. The van der Waals surface area contributed by atoms with Crippen molar-refractivity contribution in [1.29, 1.82) is 0 Å². The van der Waals surface area contributed by atoms with Crippen molar-refractivity contribution in [1.82, 2.24) is 0 Å². The second kappa shape index (κ2) is 6.87. The maximum atomic E-state index is 5.71. The van der Waals surface area contributed by atoms with Crippen LogP contribution in [0.2, 0.25) is 0 Å². The van der Waals surface area contributed by atoms with Gasteiger partial charge in [0.2, 0.25) is 0 Å². The highest BCUT2D eigenvalue weighted by molar-refractivity contribution is 7.95. The van der Waals surface area contributed by atoms with E-state index in [1.165, 1.54) is 15.9 Å². The first-order valence-corrected chi connectivity index (χ1v) is 9.30. The van der Waals surface area contributed by atoms with Gasteiger partial charge < -0.3 is 4.74 Å². The zero-order chi connectivity index (χ0) is 15.3. The van der Waals surface area contributed by atoms with Crippen LogP contribution in [-0.2, 0) is 4.74 Å². The first-order chi connectivity index (χ1) is 10.9. The molecule has 22 heavy (non-hydrogen) atoms. The highest BCUT2D eigenvalue weighted by Gasteiger charge is 2.41. The second-order valence-electron chi connectivity index (χ2n) is 5.16. The summed E-state index contributed by atoms with van der Waals surface area (Å²) >= 11 is 0. The van der Waals surface area contributed by atoms with Gasteiger partial charge in [0.1, 0.15) is 0 Å². The quantitative estimate of drug-likeness (QED) is 0.519. The fraction of sp³-hybridized carbons (Fsp3) is 0.100. The van der Waals surface area contributed by atoms with Gasteiger partial charge in [-0.15, -0.1) is 12.1 Å². The smallest absolute Gasteiger partial charge is 0.160 e. The first-order valence-electron chi connectivity index (χ1n) is 7.33. The standard InChI is InChI=1S/C20H19OP/c1-21-17-22(18-11-5-2-6-12-18,19-13-7-3-8-14-19)20-15-9-4-10-16-20/h2-9,11-16H,17H2,1H3. The van der Waals surface area contributed by atoms with Gasteiger partial charge in [0.05, 0.1) is 17.9 Å². The Hall–Kier alpha value is -1.95. The molecule has 0 spiro atoms. The monoisotopic (exact) mass is 306 g/mol. The summed E-state index contributed by atoms with van der Waals surface area (Å²) in [7, 11) is -0.0217. The Morgan fingerprint density at radius 2 is 1.32 bits per heavy atom. The minimum atomic E-state index is -1.81. The molecule has 0 heterocycles. The normalized spacial score (nSPS) is 11.3. The first kappa shape index (κ1) is 15.0. The summed E-state index contributed by atoms with van der Waals surface area (Å²) in [5.74, 6) is 0. The molecule has 0 atom stereocenters. The lowest BCUT2D eigenvalue weighted by Crippen LogP contribution is -2.33. The summed E-state index contributed by atoms with van der Waals surface area (Å²) in [6, 6.07) is 33.0. The molecule has 0 aromatic heterocycles. The van der Waals surface area contributed by atoms with Gasteiger partial charge in [-0.25, -0.2) is 0 Å². The summed E-state index contributed by atoms with van der Waals surface area (Å²) in [5, 5.41) is 3.97. The van der Waals surface area contributed by atoms with Crippen molar-refractivity contribution in [3.63, 3.8) is 0 Å². The molecular weight excluding hydrogens is 287 g/mol. The number of benzene rings is 3. The fourth-order valence-electron chi connectivity index (χ4n) is 2.85. The Kier molecular flexibility index (Phi) is 4.68. The maximum absolute atomic E-state index is 5.71. The molecule has 0 amide bonds. The van der Waals surface area contributed by atoms with E-state index >= 15 is 0 Å². The van der Waals surface area contributed by atoms with Crippen LogP contribution in [-0.4, -0.2) is 13.5 Å². The number of methoxy groups -OCH3 is 1. The van der Waals surface area contributed by atoms with Crippen LogP contribution in [0.25, 0.3) is 0 Å². The van der Waals surface area contributed by atoms with Crippen molar-refractivity contribution in [3.8, 4) is 0 Å². The van der Waals surface area contributed by atoms with Gasteiger partial charge in [0.15, 0.2) is 6.35 Å². The van der Waals surface area contributed by atoms with Crippen LogP contribution in [0.15, 0.2) is 84.9 Å². The van der Waals surface area contributed by atoms with E-state index in [2.05, 4.69) is 84.9 Å². The van der Waals surface area contributed by atoms with Crippen LogP contribution in [0.4, 0.5) is 0 Å². The van der Waals surface area contributed by atoms with Crippen molar-refractivity contribution in [2.24, 2.45) is 0 Å². The highest BCUT2D eigenvalue weighted by Crippen LogP contribution is 2.54. The number of rotatable bonds is 5. The predicted molar refractivity (Wildman–Crippen MR) is 95.9 cm³/mol. The zero-order valence-electron chi connectivity index (χ0n) is 12.6. The van der Waals surface area contributed by atoms with E-state index in [0.717, 1.165) is 0 Å². The van der Waals surface area contributed by atoms with Crippen LogP contribution in [0.5, 0.6) is 0 Å². The average Bonchev–Trinajstić information content (AvgIpc) is 2.62. The van der Waals surface area contributed by atoms with Crippen molar-refractivity contribution in [2.45, 2.75) is 0 Å². The molecule has 0 aliphatic heterocycles. The molecule has 110 valence electrons. The molecule has 0 aliphatic rings. The minimum absolute atomic E-state index is 0.693. The van der Waals surface area contributed by atoms with E-state index in [0.29, 0.717) is 6.35 Å². The Balaban J connectivity index is 2.29. The average molecular weight is 306 g/mol. The molecule has 0 fully saturated rings. The van der Waals surface area contributed by atoms with Gasteiger partial charge in [-0.3, -0.25) is 0 Å². The number of hydrogen-bond acceptors (Lipinski definition) is 1. The largest absolute Gasteiger partial charge is 0.349 e. The zero-order valence-corrected chi connectivity index (χ0v) is 13.5. The molecule has 2 heteroatoms. The molecule has 0 saturated heterocycles. The maximum Gasteiger partial charge on any atom is 0.160 e. The second-order valence-corrected chi connectivity index (χ2v) is 8.59. The third-order valence-corrected chi connectivity index (χ3v) is 8.01. The summed E-state index contributed by atoms with van der Waals surface area (Å²) in [4.78, 5) is 0. The number of hydrogen-bond donors (Lipinski definition) is 0.